The van der Waals surface area contributed by atoms with Gasteiger partial charge in [0.25, 0.3) is 5.56 Å². The molecule has 0 amide bonds. The smallest absolute Gasteiger partial charge is 0.378 e. The topological polar surface area (TPSA) is 63.5 Å². The van der Waals surface area contributed by atoms with Gasteiger partial charge in [-0.15, -0.1) is 0 Å². The van der Waals surface area contributed by atoms with E-state index in [4.69, 9.17) is 4.74 Å². The summed E-state index contributed by atoms with van der Waals surface area (Å²) in [5.74, 6) is 0.358. The van der Waals surface area contributed by atoms with Gasteiger partial charge in [0.05, 0.1) is 25.1 Å². The summed E-state index contributed by atoms with van der Waals surface area (Å²) in [6, 6.07) is 2.71. The van der Waals surface area contributed by atoms with E-state index in [1.165, 1.54) is 29.1 Å². The Labute approximate surface area is 153 Å². The van der Waals surface area contributed by atoms with E-state index in [1.807, 2.05) is 4.90 Å². The fourth-order valence-electron chi connectivity index (χ4n) is 3.45. The molecular formula is C17H18F3N5O2. The van der Waals surface area contributed by atoms with Gasteiger partial charge in [0.15, 0.2) is 0 Å². The normalized spacial score (nSPS) is 20.5. The van der Waals surface area contributed by atoms with E-state index >= 15 is 0 Å². The molecule has 2 aromatic heterocycles. The molecule has 2 aromatic rings. The molecule has 0 spiro atoms. The van der Waals surface area contributed by atoms with Crippen LogP contribution in [0.1, 0.15) is 6.42 Å². The third-order valence-electron chi connectivity index (χ3n) is 4.76. The number of pyridine rings is 1. The van der Waals surface area contributed by atoms with Crippen LogP contribution in [0.15, 0.2) is 35.4 Å². The van der Waals surface area contributed by atoms with Gasteiger partial charge in [-0.05, 0) is 18.6 Å². The standard InChI is InChI=1S/C17H18F3N5O2/c18-17(19,20)13-3-5-24-15(26)10-14(23-6-8-27-9-7-23)22-16(24)25(13)12-2-1-4-21-11-12/h1-2,4,10-11,13H,3,5-9H2. The fraction of sp³-hybridized carbons (Fsp3) is 0.471. The lowest BCUT2D eigenvalue weighted by atomic mass is 10.1. The van der Waals surface area contributed by atoms with E-state index in [2.05, 4.69) is 9.97 Å². The van der Waals surface area contributed by atoms with Gasteiger partial charge >= 0.3 is 6.18 Å². The number of hydrogen-bond donors (Lipinski definition) is 0. The van der Waals surface area contributed by atoms with E-state index in [-0.39, 0.29) is 30.2 Å². The molecule has 27 heavy (non-hydrogen) atoms. The van der Waals surface area contributed by atoms with Crippen molar-refractivity contribution in [2.75, 3.05) is 36.1 Å². The Morgan fingerprint density at radius 3 is 2.63 bits per heavy atom. The Balaban J connectivity index is 1.85. The number of aromatic nitrogens is 3. The first-order valence-corrected chi connectivity index (χ1v) is 8.66. The van der Waals surface area contributed by atoms with Gasteiger partial charge in [-0.2, -0.15) is 18.2 Å². The zero-order valence-electron chi connectivity index (χ0n) is 14.4. The van der Waals surface area contributed by atoms with Gasteiger partial charge in [0.1, 0.15) is 11.9 Å². The first kappa shape index (κ1) is 17.8. The fourth-order valence-corrected chi connectivity index (χ4v) is 3.45. The first-order chi connectivity index (χ1) is 12.9. The number of alkyl halides is 3. The highest BCUT2D eigenvalue weighted by atomic mass is 19.4. The lowest BCUT2D eigenvalue weighted by molar-refractivity contribution is -0.150. The molecule has 1 atom stereocenters. The second kappa shape index (κ2) is 6.84. The number of rotatable bonds is 2. The molecule has 7 nitrogen and oxygen atoms in total. The Morgan fingerprint density at radius 1 is 1.19 bits per heavy atom. The van der Waals surface area contributed by atoms with Crippen molar-refractivity contribution in [3.63, 3.8) is 0 Å². The van der Waals surface area contributed by atoms with Crippen LogP contribution in [0.3, 0.4) is 0 Å². The van der Waals surface area contributed by atoms with Crippen LogP contribution in [0, 0.1) is 0 Å². The number of fused-ring (bicyclic) bond motifs is 1. The summed E-state index contributed by atoms with van der Waals surface area (Å²) in [6.45, 7) is 2.00. The Bertz CT molecular complexity index is 865. The van der Waals surface area contributed by atoms with Crippen molar-refractivity contribution < 1.29 is 17.9 Å². The third kappa shape index (κ3) is 3.36. The third-order valence-corrected chi connectivity index (χ3v) is 4.76. The molecule has 0 aliphatic carbocycles. The highest BCUT2D eigenvalue weighted by molar-refractivity contribution is 5.60. The minimum Gasteiger partial charge on any atom is -0.378 e. The maximum absolute atomic E-state index is 13.7. The van der Waals surface area contributed by atoms with Gasteiger partial charge in [-0.1, -0.05) is 0 Å². The molecule has 0 bridgehead atoms. The van der Waals surface area contributed by atoms with Crippen LogP contribution in [0.5, 0.6) is 0 Å². The number of morpholine rings is 1. The quantitative estimate of drug-likeness (QED) is 0.793. The number of hydrogen-bond acceptors (Lipinski definition) is 6. The van der Waals surface area contributed by atoms with Crippen molar-refractivity contribution in [1.82, 2.24) is 14.5 Å². The van der Waals surface area contributed by atoms with Crippen LogP contribution in [0.4, 0.5) is 30.6 Å². The van der Waals surface area contributed by atoms with E-state index in [0.29, 0.717) is 32.1 Å². The molecule has 10 heteroatoms. The van der Waals surface area contributed by atoms with E-state index in [1.54, 1.807) is 6.07 Å². The largest absolute Gasteiger partial charge is 0.409 e. The van der Waals surface area contributed by atoms with Crippen LogP contribution in [-0.2, 0) is 11.3 Å². The van der Waals surface area contributed by atoms with Crippen LogP contribution in [0.2, 0.25) is 0 Å². The SMILES string of the molecule is O=c1cc(N2CCOCC2)nc2n1CCC(C(F)(F)F)N2c1cccnc1. The Morgan fingerprint density at radius 2 is 1.96 bits per heavy atom. The lowest BCUT2D eigenvalue weighted by Crippen LogP contribution is -2.50. The van der Waals surface area contributed by atoms with Gasteiger partial charge in [-0.25, -0.2) is 0 Å². The van der Waals surface area contributed by atoms with Crippen LogP contribution >= 0.6 is 0 Å². The predicted molar refractivity (Wildman–Crippen MR) is 92.4 cm³/mol. The average molecular weight is 381 g/mol. The second-order valence-corrected chi connectivity index (χ2v) is 6.43. The Kier molecular flexibility index (Phi) is 4.50. The number of halogens is 3. The molecule has 0 aromatic carbocycles. The molecule has 2 aliphatic rings. The molecule has 0 saturated carbocycles. The van der Waals surface area contributed by atoms with Gasteiger partial charge in [-0.3, -0.25) is 19.2 Å². The van der Waals surface area contributed by atoms with E-state index in [9.17, 15) is 18.0 Å². The monoisotopic (exact) mass is 381 g/mol. The van der Waals surface area contributed by atoms with Crippen molar-refractivity contribution in [2.24, 2.45) is 0 Å². The molecule has 4 heterocycles. The van der Waals surface area contributed by atoms with Gasteiger partial charge < -0.3 is 9.64 Å². The predicted octanol–water partition coefficient (Wildman–Crippen LogP) is 1.95. The highest BCUT2D eigenvalue weighted by Gasteiger charge is 2.47. The average Bonchev–Trinajstić information content (AvgIpc) is 2.67. The highest BCUT2D eigenvalue weighted by Crippen LogP contribution is 2.38. The van der Waals surface area contributed by atoms with Crippen LogP contribution < -0.4 is 15.4 Å². The lowest BCUT2D eigenvalue weighted by Gasteiger charge is -2.39. The molecule has 4 rings (SSSR count). The zero-order chi connectivity index (χ0) is 19.0. The van der Waals surface area contributed by atoms with Gasteiger partial charge in [0, 0.05) is 31.9 Å². The van der Waals surface area contributed by atoms with E-state index in [0.717, 1.165) is 4.90 Å². The number of nitrogens with zero attached hydrogens (tertiary/aromatic N) is 5. The Hall–Kier alpha value is -2.62. The summed E-state index contributed by atoms with van der Waals surface area (Å²) in [4.78, 5) is 23.9. The van der Waals surface area contributed by atoms with Gasteiger partial charge in [0.2, 0.25) is 5.95 Å². The van der Waals surface area contributed by atoms with Crippen LogP contribution in [0.25, 0.3) is 0 Å². The van der Waals surface area contributed by atoms with Crippen molar-refractivity contribution in [3.8, 4) is 0 Å². The molecule has 144 valence electrons. The maximum atomic E-state index is 13.7. The molecule has 1 unspecified atom stereocenters. The van der Waals surface area contributed by atoms with Crippen molar-refractivity contribution in [2.45, 2.75) is 25.2 Å². The molecule has 2 aliphatic heterocycles. The minimum absolute atomic E-state index is 0.00873. The molecule has 0 radical (unpaired) electrons. The number of ether oxygens (including phenoxy) is 1. The summed E-state index contributed by atoms with van der Waals surface area (Å²) in [6.07, 6.45) is -1.86. The second-order valence-electron chi connectivity index (χ2n) is 6.43. The summed E-state index contributed by atoms with van der Waals surface area (Å²) in [5, 5.41) is 0. The van der Waals surface area contributed by atoms with Crippen LogP contribution in [-0.4, -0.2) is 53.1 Å². The van der Waals surface area contributed by atoms with Crippen molar-refractivity contribution in [3.05, 3.63) is 40.9 Å². The summed E-state index contributed by atoms with van der Waals surface area (Å²) < 4.78 is 47.8. The van der Waals surface area contributed by atoms with Crippen molar-refractivity contribution in [1.29, 1.82) is 0 Å². The molecular weight excluding hydrogens is 363 g/mol. The number of anilines is 3. The molecule has 1 fully saturated rings. The molecule has 0 N–H and O–H groups in total. The maximum Gasteiger partial charge on any atom is 0.409 e. The summed E-state index contributed by atoms with van der Waals surface area (Å²) in [5.41, 5.74) is -0.115. The summed E-state index contributed by atoms with van der Waals surface area (Å²) >= 11 is 0. The molecule has 1 saturated heterocycles. The minimum atomic E-state index is -4.46. The van der Waals surface area contributed by atoms with Crippen molar-refractivity contribution >= 4 is 17.5 Å². The van der Waals surface area contributed by atoms with E-state index < -0.39 is 12.2 Å². The first-order valence-electron chi connectivity index (χ1n) is 8.66. The summed E-state index contributed by atoms with van der Waals surface area (Å²) in [7, 11) is 0. The zero-order valence-corrected chi connectivity index (χ0v) is 14.4.